The van der Waals surface area contributed by atoms with E-state index in [1.54, 1.807) is 12.0 Å². The predicted molar refractivity (Wildman–Crippen MR) is 184 cm³/mol. The Balaban J connectivity index is 1.15. The SMILES string of the molecule is CO[C@@H]1[C@H](OC(=O)CC(=O)CSCCCC(=O)C2CCCN2C(=O)CCCC(=O)C(C)(C)C)CC[C@]2(CO2)[C@H]1[C@@]1(C)O[C@@H]1CC=C(C)C. The zero-order chi connectivity index (χ0) is 35.3. The van der Waals surface area contributed by atoms with Crippen molar-refractivity contribution in [3.8, 4) is 0 Å². The number of thioether (sulfide) groups is 1. The third-order valence-corrected chi connectivity index (χ3v) is 11.5. The first-order valence-electron chi connectivity index (χ1n) is 17.7. The van der Waals surface area contributed by atoms with Crippen LogP contribution in [-0.4, -0.2) is 101 Å². The van der Waals surface area contributed by atoms with Crippen LogP contribution >= 0.6 is 11.8 Å². The minimum Gasteiger partial charge on any atom is -0.459 e. The molecule has 3 aliphatic heterocycles. The number of esters is 1. The van der Waals surface area contributed by atoms with Crippen LogP contribution in [0, 0.1) is 11.3 Å². The normalized spacial score (nSPS) is 31.0. The summed E-state index contributed by atoms with van der Waals surface area (Å²) >= 11 is 1.40. The number of carbonyl (C=O) groups excluding carboxylic acids is 5. The van der Waals surface area contributed by atoms with Gasteiger partial charge in [-0.1, -0.05) is 32.4 Å². The van der Waals surface area contributed by atoms with Crippen LogP contribution in [0.5, 0.6) is 0 Å². The van der Waals surface area contributed by atoms with Crippen molar-refractivity contribution in [2.45, 2.75) is 148 Å². The molecule has 0 radical (unpaired) electrons. The topological polar surface area (TPSA) is 132 Å². The van der Waals surface area contributed by atoms with Crippen molar-refractivity contribution in [3.63, 3.8) is 0 Å². The fraction of sp³-hybridized carbons (Fsp3) is 0.811. The Hall–Kier alpha value is -2.08. The molecule has 0 aromatic carbocycles. The number of ether oxygens (including phenoxy) is 4. The maximum Gasteiger partial charge on any atom is 0.313 e. The van der Waals surface area contributed by atoms with Crippen molar-refractivity contribution >= 4 is 41.0 Å². The molecule has 1 spiro atoms. The Labute approximate surface area is 290 Å². The van der Waals surface area contributed by atoms with Gasteiger partial charge in [-0.2, -0.15) is 11.8 Å². The van der Waals surface area contributed by atoms with Gasteiger partial charge in [0.15, 0.2) is 11.6 Å². The Morgan fingerprint density at radius 2 is 1.77 bits per heavy atom. The van der Waals surface area contributed by atoms with Crippen LogP contribution in [0.1, 0.15) is 112 Å². The molecule has 3 heterocycles. The van der Waals surface area contributed by atoms with Crippen molar-refractivity contribution < 1.29 is 42.9 Å². The summed E-state index contributed by atoms with van der Waals surface area (Å²) in [4.78, 5) is 65.1. The highest BCUT2D eigenvalue weighted by Crippen LogP contribution is 2.59. The van der Waals surface area contributed by atoms with E-state index in [4.69, 9.17) is 18.9 Å². The summed E-state index contributed by atoms with van der Waals surface area (Å²) in [5, 5.41) is 0. The maximum atomic E-state index is 13.0. The summed E-state index contributed by atoms with van der Waals surface area (Å²) in [6.07, 6.45) is 6.77. The molecule has 0 aromatic heterocycles. The van der Waals surface area contributed by atoms with E-state index in [-0.39, 0.29) is 59.5 Å². The average Bonchev–Trinajstić information content (AvgIpc) is 3.86. The Bertz CT molecular complexity index is 1230. The monoisotopic (exact) mass is 691 g/mol. The van der Waals surface area contributed by atoms with E-state index in [1.807, 2.05) is 20.8 Å². The van der Waals surface area contributed by atoms with Crippen LogP contribution in [0.15, 0.2) is 11.6 Å². The van der Waals surface area contributed by atoms with Crippen LogP contribution in [0.2, 0.25) is 0 Å². The van der Waals surface area contributed by atoms with Gasteiger partial charge in [0, 0.05) is 38.3 Å². The predicted octanol–water partition coefficient (Wildman–Crippen LogP) is 5.42. The van der Waals surface area contributed by atoms with Crippen molar-refractivity contribution in [1.29, 1.82) is 0 Å². The number of Topliss-reactive ketones (excluding diaryl/α,β-unsaturated/α-hetero) is 3. The number of carbonyl (C=O) groups is 5. The average molecular weight is 692 g/mol. The zero-order valence-corrected chi connectivity index (χ0v) is 30.9. The second-order valence-electron chi connectivity index (χ2n) is 15.5. The van der Waals surface area contributed by atoms with Crippen molar-refractivity contribution in [2.75, 3.05) is 31.8 Å². The number of ketones is 3. The van der Waals surface area contributed by atoms with Crippen molar-refractivity contribution in [1.82, 2.24) is 4.90 Å². The molecule has 7 atom stereocenters. The second-order valence-corrected chi connectivity index (χ2v) is 16.6. The molecule has 0 bridgehead atoms. The Morgan fingerprint density at radius 1 is 1.04 bits per heavy atom. The zero-order valence-electron chi connectivity index (χ0n) is 30.1. The van der Waals surface area contributed by atoms with Gasteiger partial charge >= 0.3 is 5.97 Å². The van der Waals surface area contributed by atoms with E-state index in [0.717, 1.165) is 19.3 Å². The summed E-state index contributed by atoms with van der Waals surface area (Å²) in [5.41, 5.74) is 0.0819. The summed E-state index contributed by atoms with van der Waals surface area (Å²) in [6.45, 7) is 13.1. The van der Waals surface area contributed by atoms with Gasteiger partial charge < -0.3 is 23.8 Å². The van der Waals surface area contributed by atoms with Gasteiger partial charge in [0.05, 0.1) is 30.4 Å². The van der Waals surface area contributed by atoms with E-state index in [9.17, 15) is 24.0 Å². The number of nitrogens with zero attached hydrogens (tertiary/aromatic N) is 1. The molecule has 3 saturated heterocycles. The molecular weight excluding hydrogens is 634 g/mol. The first kappa shape index (κ1) is 38.7. The molecule has 0 N–H and O–H groups in total. The van der Waals surface area contributed by atoms with Crippen LogP contribution in [-0.2, 0) is 42.9 Å². The first-order chi connectivity index (χ1) is 22.6. The Kier molecular flexibility index (Phi) is 13.1. The number of amides is 1. The van der Waals surface area contributed by atoms with Gasteiger partial charge in [0.2, 0.25) is 5.91 Å². The third-order valence-electron chi connectivity index (χ3n) is 10.4. The van der Waals surface area contributed by atoms with E-state index in [1.165, 1.54) is 17.3 Å². The molecule has 48 heavy (non-hydrogen) atoms. The minimum absolute atomic E-state index is 0.0488. The van der Waals surface area contributed by atoms with Gasteiger partial charge in [-0.25, -0.2) is 0 Å². The third kappa shape index (κ3) is 9.79. The number of hydrogen-bond acceptors (Lipinski definition) is 10. The molecule has 4 fully saturated rings. The largest absolute Gasteiger partial charge is 0.459 e. The van der Waals surface area contributed by atoms with Gasteiger partial charge in [0.1, 0.15) is 35.6 Å². The molecular formula is C37H57NO9S. The van der Waals surface area contributed by atoms with Crippen molar-refractivity contribution in [2.24, 2.45) is 11.3 Å². The summed E-state index contributed by atoms with van der Waals surface area (Å²) in [7, 11) is 1.63. The fourth-order valence-electron chi connectivity index (χ4n) is 7.51. The summed E-state index contributed by atoms with van der Waals surface area (Å²) in [5.74, 6) is 0.0608. The van der Waals surface area contributed by atoms with E-state index in [0.29, 0.717) is 57.4 Å². The maximum absolute atomic E-state index is 13.0. The molecule has 1 amide bonds. The highest BCUT2D eigenvalue weighted by molar-refractivity contribution is 7.99. The van der Waals surface area contributed by atoms with Gasteiger partial charge in [-0.05, 0) is 71.5 Å². The van der Waals surface area contributed by atoms with Crippen molar-refractivity contribution in [3.05, 3.63) is 11.6 Å². The molecule has 10 nitrogen and oxygen atoms in total. The quantitative estimate of drug-likeness (QED) is 0.0603. The highest BCUT2D eigenvalue weighted by Gasteiger charge is 2.72. The number of allylic oxidation sites excluding steroid dienone is 1. The molecule has 1 saturated carbocycles. The van der Waals surface area contributed by atoms with Crippen LogP contribution in [0.3, 0.4) is 0 Å². The molecule has 1 unspecified atom stereocenters. The number of likely N-dealkylation sites (tertiary alicyclic amines) is 1. The fourth-order valence-corrected chi connectivity index (χ4v) is 8.34. The van der Waals surface area contributed by atoms with Crippen LogP contribution in [0.25, 0.3) is 0 Å². The number of rotatable bonds is 18. The first-order valence-corrected chi connectivity index (χ1v) is 18.9. The van der Waals surface area contributed by atoms with Gasteiger partial charge in [0.25, 0.3) is 0 Å². The lowest BCUT2D eigenvalue weighted by Gasteiger charge is -2.42. The van der Waals surface area contributed by atoms with E-state index in [2.05, 4.69) is 26.8 Å². The number of epoxide rings is 2. The summed E-state index contributed by atoms with van der Waals surface area (Å²) in [6, 6.07) is -0.397. The van der Waals surface area contributed by atoms with E-state index >= 15 is 0 Å². The van der Waals surface area contributed by atoms with E-state index < -0.39 is 35.2 Å². The lowest BCUT2D eigenvalue weighted by molar-refractivity contribution is -0.172. The molecule has 270 valence electrons. The van der Waals surface area contributed by atoms with Crippen LogP contribution < -0.4 is 0 Å². The molecule has 1 aliphatic carbocycles. The lowest BCUT2D eigenvalue weighted by atomic mass is 9.68. The molecule has 4 aliphatic rings. The van der Waals surface area contributed by atoms with Gasteiger partial charge in [-0.15, -0.1) is 0 Å². The number of hydrogen-bond donors (Lipinski definition) is 0. The second kappa shape index (κ2) is 16.3. The molecule has 0 aromatic rings. The lowest BCUT2D eigenvalue weighted by Crippen LogP contribution is -2.55. The van der Waals surface area contributed by atoms with Crippen LogP contribution in [0.4, 0.5) is 0 Å². The highest BCUT2D eigenvalue weighted by atomic mass is 32.2. The number of methoxy groups -OCH3 is 1. The van der Waals surface area contributed by atoms with Gasteiger partial charge in [-0.3, -0.25) is 24.0 Å². The minimum atomic E-state index is -0.550. The molecule has 11 heteroatoms. The summed E-state index contributed by atoms with van der Waals surface area (Å²) < 4.78 is 24.0. The molecule has 4 rings (SSSR count). The smallest absolute Gasteiger partial charge is 0.313 e. The standard InChI is InChI=1S/C37H57NO9S/c1-24(2)15-16-30-36(6,47-30)34-33(44-7)28(17-18-37(34)23-45-37)46-32(43)21-25(39)22-48-20-10-12-27(40)26-11-9-19-38(26)31(42)14-8-13-29(41)35(3,4)5/h15,26,28,30,33-34H,8-14,16-23H2,1-7H3/t26?,28-,30-,33-,34-,36+,37+/m1/s1. The Morgan fingerprint density at radius 3 is 2.42 bits per heavy atom.